The van der Waals surface area contributed by atoms with Gasteiger partial charge in [0.05, 0.1) is 12.7 Å². The van der Waals surface area contributed by atoms with Crippen molar-refractivity contribution < 1.29 is 34.1 Å². The minimum atomic E-state index is -1.10. The van der Waals surface area contributed by atoms with E-state index in [0.29, 0.717) is 36.3 Å². The highest BCUT2D eigenvalue weighted by atomic mass is 16.6. The van der Waals surface area contributed by atoms with Gasteiger partial charge in [0.1, 0.15) is 11.7 Å². The Labute approximate surface area is 233 Å². The molecule has 1 aromatic heterocycles. The number of benzene rings is 1. The van der Waals surface area contributed by atoms with Crippen molar-refractivity contribution in [2.75, 3.05) is 32.8 Å². The van der Waals surface area contributed by atoms with E-state index in [4.69, 9.17) is 4.74 Å². The number of piperazine rings is 1. The summed E-state index contributed by atoms with van der Waals surface area (Å²) in [4.78, 5) is 62.1. The zero-order valence-corrected chi connectivity index (χ0v) is 22.9. The molecule has 1 aliphatic heterocycles. The van der Waals surface area contributed by atoms with E-state index < -0.39 is 36.0 Å². The fourth-order valence-electron chi connectivity index (χ4n) is 4.28. The van der Waals surface area contributed by atoms with Crippen LogP contribution in [0.4, 0.5) is 4.79 Å². The van der Waals surface area contributed by atoms with E-state index in [2.05, 4.69) is 15.3 Å². The van der Waals surface area contributed by atoms with Gasteiger partial charge in [-0.15, -0.1) is 0 Å². The molecule has 1 saturated heterocycles. The number of carbonyl (C=O) groups is 4. The zero-order chi connectivity index (χ0) is 29.1. The SMILES string of the molecule is CCOC(=O)N1CCN(C(=O)[C@H](CCC(=O)O)NC(=O)c2cc(CCC(O)CC)nc(-c3ccccc3)n2)CC1. The maximum atomic E-state index is 13.4. The molecule has 216 valence electrons. The number of carboxylic acid groups (broad SMARTS) is 1. The summed E-state index contributed by atoms with van der Waals surface area (Å²) in [5.41, 5.74) is 1.30. The van der Waals surface area contributed by atoms with Crippen LogP contribution >= 0.6 is 0 Å². The van der Waals surface area contributed by atoms with Crippen molar-refractivity contribution in [1.82, 2.24) is 25.1 Å². The number of aliphatic hydroxyl groups excluding tert-OH is 1. The summed E-state index contributed by atoms with van der Waals surface area (Å²) in [5.74, 6) is -1.82. The predicted octanol–water partition coefficient (Wildman–Crippen LogP) is 2.11. The number of rotatable bonds is 12. The molecule has 0 saturated carbocycles. The van der Waals surface area contributed by atoms with E-state index in [1.807, 2.05) is 37.3 Å². The highest BCUT2D eigenvalue weighted by Gasteiger charge is 2.31. The quantitative estimate of drug-likeness (QED) is 0.356. The number of aromatic nitrogens is 2. The van der Waals surface area contributed by atoms with Gasteiger partial charge in [0.25, 0.3) is 5.91 Å². The van der Waals surface area contributed by atoms with Crippen LogP contribution < -0.4 is 5.32 Å². The lowest BCUT2D eigenvalue weighted by Crippen LogP contribution is -2.56. The molecule has 0 aliphatic carbocycles. The molecule has 3 N–H and O–H groups in total. The van der Waals surface area contributed by atoms with Crippen molar-refractivity contribution in [2.24, 2.45) is 0 Å². The molecular formula is C28H37N5O7. The summed E-state index contributed by atoms with van der Waals surface area (Å²) < 4.78 is 5.01. The van der Waals surface area contributed by atoms with Gasteiger partial charge in [-0.25, -0.2) is 14.8 Å². The van der Waals surface area contributed by atoms with Gasteiger partial charge in [-0.1, -0.05) is 37.3 Å². The number of hydrogen-bond donors (Lipinski definition) is 3. The standard InChI is InChI=1S/C28H37N5O7/c1-3-21(34)11-10-20-18-23(30-25(29-20)19-8-6-5-7-9-19)26(37)31-22(12-13-24(35)36)27(38)32-14-16-33(17-15-32)28(39)40-4-2/h5-9,18,21-22,34H,3-4,10-17H2,1-2H3,(H,31,37)(H,35,36)/t21?,22-/m0/s1. The Hall–Kier alpha value is -4.06. The monoisotopic (exact) mass is 555 g/mol. The first-order valence-electron chi connectivity index (χ1n) is 13.6. The Morgan fingerprint density at radius 1 is 1.00 bits per heavy atom. The van der Waals surface area contributed by atoms with Gasteiger partial charge < -0.3 is 30.1 Å². The van der Waals surface area contributed by atoms with Crippen molar-refractivity contribution in [3.8, 4) is 11.4 Å². The summed E-state index contributed by atoms with van der Waals surface area (Å²) >= 11 is 0. The summed E-state index contributed by atoms with van der Waals surface area (Å²) in [5, 5.41) is 21.9. The molecule has 3 rings (SSSR count). The van der Waals surface area contributed by atoms with Crippen LogP contribution in [0.1, 0.15) is 55.7 Å². The number of hydrogen-bond acceptors (Lipinski definition) is 8. The summed E-state index contributed by atoms with van der Waals surface area (Å²) in [6.45, 7) is 4.83. The van der Waals surface area contributed by atoms with Crippen LogP contribution in [0.2, 0.25) is 0 Å². The van der Waals surface area contributed by atoms with Gasteiger partial charge in [0.15, 0.2) is 5.82 Å². The second kappa shape index (κ2) is 14.9. The second-order valence-electron chi connectivity index (χ2n) is 9.50. The number of amides is 3. The fraction of sp³-hybridized carbons (Fsp3) is 0.500. The van der Waals surface area contributed by atoms with E-state index in [-0.39, 0.29) is 51.3 Å². The molecule has 1 aromatic carbocycles. The van der Waals surface area contributed by atoms with E-state index in [9.17, 15) is 29.4 Å². The first kappa shape index (κ1) is 30.5. The zero-order valence-electron chi connectivity index (χ0n) is 22.9. The van der Waals surface area contributed by atoms with Crippen molar-refractivity contribution in [1.29, 1.82) is 0 Å². The van der Waals surface area contributed by atoms with Gasteiger partial charge in [0, 0.05) is 43.9 Å². The van der Waals surface area contributed by atoms with E-state index in [1.54, 1.807) is 6.92 Å². The molecule has 3 amide bonds. The molecular weight excluding hydrogens is 518 g/mol. The number of carboxylic acids is 1. The van der Waals surface area contributed by atoms with Crippen LogP contribution in [0, 0.1) is 0 Å². The Kier molecular flexibility index (Phi) is 11.4. The molecule has 1 unspecified atom stereocenters. The van der Waals surface area contributed by atoms with E-state index in [0.717, 1.165) is 0 Å². The van der Waals surface area contributed by atoms with Crippen molar-refractivity contribution >= 4 is 23.9 Å². The van der Waals surface area contributed by atoms with E-state index in [1.165, 1.54) is 15.9 Å². The van der Waals surface area contributed by atoms with Crippen LogP contribution in [-0.4, -0.2) is 98.8 Å². The summed E-state index contributed by atoms with van der Waals surface area (Å²) in [6, 6.07) is 9.57. The van der Waals surface area contributed by atoms with E-state index >= 15 is 0 Å². The van der Waals surface area contributed by atoms with Crippen LogP contribution in [-0.2, 0) is 20.7 Å². The minimum Gasteiger partial charge on any atom is -0.481 e. The molecule has 0 radical (unpaired) electrons. The Morgan fingerprint density at radius 2 is 1.68 bits per heavy atom. The summed E-state index contributed by atoms with van der Waals surface area (Å²) in [6.07, 6.45) is 0.0819. The van der Waals surface area contributed by atoms with Crippen LogP contribution in [0.3, 0.4) is 0 Å². The number of aliphatic hydroxyl groups is 1. The van der Waals surface area contributed by atoms with Crippen LogP contribution in [0.5, 0.6) is 0 Å². The lowest BCUT2D eigenvalue weighted by molar-refractivity contribution is -0.138. The lowest BCUT2D eigenvalue weighted by atomic mass is 10.1. The molecule has 12 nitrogen and oxygen atoms in total. The third kappa shape index (κ3) is 8.73. The number of nitrogens with one attached hydrogen (secondary N) is 1. The van der Waals surface area contributed by atoms with Gasteiger partial charge in [-0.2, -0.15) is 0 Å². The maximum Gasteiger partial charge on any atom is 0.409 e. The summed E-state index contributed by atoms with van der Waals surface area (Å²) in [7, 11) is 0. The average molecular weight is 556 g/mol. The first-order valence-corrected chi connectivity index (χ1v) is 13.6. The first-order chi connectivity index (χ1) is 19.2. The highest BCUT2D eigenvalue weighted by Crippen LogP contribution is 2.18. The Bertz CT molecular complexity index is 1170. The molecule has 0 bridgehead atoms. The molecule has 1 fully saturated rings. The number of aryl methyl sites for hydroxylation is 1. The minimum absolute atomic E-state index is 0.0371. The van der Waals surface area contributed by atoms with Gasteiger partial charge in [-0.05, 0) is 38.7 Å². The van der Waals surface area contributed by atoms with Gasteiger partial charge >= 0.3 is 12.1 Å². The van der Waals surface area contributed by atoms with Crippen molar-refractivity contribution in [2.45, 2.75) is 58.1 Å². The molecule has 2 atom stereocenters. The molecule has 40 heavy (non-hydrogen) atoms. The van der Waals surface area contributed by atoms with Gasteiger partial charge in [-0.3, -0.25) is 14.4 Å². The third-order valence-corrected chi connectivity index (χ3v) is 6.62. The number of carbonyl (C=O) groups excluding carboxylic acids is 3. The average Bonchev–Trinajstić information content (AvgIpc) is 2.97. The number of aliphatic carboxylic acids is 1. The molecule has 2 heterocycles. The topological polar surface area (TPSA) is 162 Å². The lowest BCUT2D eigenvalue weighted by Gasteiger charge is -2.35. The highest BCUT2D eigenvalue weighted by molar-refractivity contribution is 5.96. The molecule has 0 spiro atoms. The molecule has 1 aliphatic rings. The van der Waals surface area contributed by atoms with Crippen LogP contribution in [0.15, 0.2) is 36.4 Å². The second-order valence-corrected chi connectivity index (χ2v) is 9.50. The van der Waals surface area contributed by atoms with Crippen molar-refractivity contribution in [3.05, 3.63) is 47.8 Å². The van der Waals surface area contributed by atoms with Crippen LogP contribution in [0.25, 0.3) is 11.4 Å². The predicted molar refractivity (Wildman–Crippen MR) is 145 cm³/mol. The molecule has 2 aromatic rings. The smallest absolute Gasteiger partial charge is 0.409 e. The Morgan fingerprint density at radius 3 is 2.30 bits per heavy atom. The number of nitrogens with zero attached hydrogens (tertiary/aromatic N) is 4. The third-order valence-electron chi connectivity index (χ3n) is 6.62. The largest absolute Gasteiger partial charge is 0.481 e. The number of ether oxygens (including phenoxy) is 1. The molecule has 12 heteroatoms. The van der Waals surface area contributed by atoms with Crippen molar-refractivity contribution in [3.63, 3.8) is 0 Å². The Balaban J connectivity index is 1.80. The maximum absolute atomic E-state index is 13.4. The normalized spacial score (nSPS) is 14.8. The van der Waals surface area contributed by atoms with Gasteiger partial charge in [0.2, 0.25) is 5.91 Å². The fourth-order valence-corrected chi connectivity index (χ4v) is 4.28.